The number of carbonyl (C=O) groups excluding carboxylic acids is 2. The van der Waals surface area contributed by atoms with E-state index < -0.39 is 5.41 Å². The second-order valence-corrected chi connectivity index (χ2v) is 5.79. The highest BCUT2D eigenvalue weighted by atomic mass is 16.2. The molecule has 1 N–H and O–H groups in total. The Morgan fingerprint density at radius 2 is 1.86 bits per heavy atom. The minimum Gasteiger partial charge on any atom is -0.285 e. The topological polar surface area (TPSA) is 91.8 Å². The molecule has 2 amide bonds. The molecular weight excluding hydrogens is 282 g/mol. The molecule has 7 heteroatoms. The Morgan fingerprint density at radius 1 is 1.23 bits per heavy atom. The van der Waals surface area contributed by atoms with Gasteiger partial charge in [0.2, 0.25) is 17.8 Å². The van der Waals surface area contributed by atoms with Crippen molar-refractivity contribution >= 4 is 17.8 Å². The molecule has 2 aromatic heterocycles. The van der Waals surface area contributed by atoms with Gasteiger partial charge in [0.25, 0.3) is 0 Å². The maximum Gasteiger partial charge on any atom is 0.246 e. The number of aromatic amines is 1. The molecule has 0 spiro atoms. The molecular formula is C15H19N5O2. The van der Waals surface area contributed by atoms with Crippen LogP contribution >= 0.6 is 0 Å². The van der Waals surface area contributed by atoms with Gasteiger partial charge in [-0.3, -0.25) is 14.7 Å². The van der Waals surface area contributed by atoms with Crippen molar-refractivity contribution in [2.75, 3.05) is 4.90 Å². The van der Waals surface area contributed by atoms with Gasteiger partial charge in [-0.15, -0.1) is 0 Å². The first kappa shape index (κ1) is 15.8. The predicted molar refractivity (Wildman–Crippen MR) is 81.0 cm³/mol. The molecule has 0 atom stereocenters. The zero-order valence-corrected chi connectivity index (χ0v) is 13.1. The molecule has 2 aromatic rings. The van der Waals surface area contributed by atoms with Crippen molar-refractivity contribution in [2.24, 2.45) is 5.92 Å². The highest BCUT2D eigenvalue weighted by molar-refractivity contribution is 6.17. The third-order valence-electron chi connectivity index (χ3n) is 3.42. The molecule has 0 unspecified atom stereocenters. The number of hydrogen-bond donors (Lipinski definition) is 1. The molecule has 22 heavy (non-hydrogen) atoms. The van der Waals surface area contributed by atoms with Gasteiger partial charge in [-0.05, 0) is 19.9 Å². The zero-order valence-electron chi connectivity index (χ0n) is 13.1. The molecule has 0 saturated heterocycles. The van der Waals surface area contributed by atoms with Crippen molar-refractivity contribution in [1.29, 1.82) is 0 Å². The molecule has 2 rings (SSSR count). The van der Waals surface area contributed by atoms with Gasteiger partial charge < -0.3 is 0 Å². The number of amides is 2. The lowest BCUT2D eigenvalue weighted by Gasteiger charge is -2.29. The fourth-order valence-electron chi connectivity index (χ4n) is 1.95. The number of anilines is 1. The van der Waals surface area contributed by atoms with E-state index in [4.69, 9.17) is 0 Å². The average molecular weight is 301 g/mol. The van der Waals surface area contributed by atoms with Crippen molar-refractivity contribution in [1.82, 2.24) is 20.2 Å². The van der Waals surface area contributed by atoms with E-state index in [1.165, 1.54) is 12.4 Å². The summed E-state index contributed by atoms with van der Waals surface area (Å²) in [5.41, 5.74) is -0.244. The summed E-state index contributed by atoms with van der Waals surface area (Å²) in [6.07, 6.45) is 6.21. The summed E-state index contributed by atoms with van der Waals surface area (Å²) >= 11 is 0. The highest BCUT2D eigenvalue weighted by Crippen LogP contribution is 2.27. The number of aromatic nitrogens is 4. The lowest BCUT2D eigenvalue weighted by molar-refractivity contribution is -0.130. The van der Waals surface area contributed by atoms with E-state index in [1.54, 1.807) is 46.2 Å². The number of rotatable bonds is 4. The smallest absolute Gasteiger partial charge is 0.246 e. The molecule has 7 nitrogen and oxygen atoms in total. The molecule has 0 radical (unpaired) electrons. The predicted octanol–water partition coefficient (Wildman–Crippen LogP) is 1.69. The van der Waals surface area contributed by atoms with E-state index in [2.05, 4.69) is 20.2 Å². The molecule has 2 heterocycles. The highest BCUT2D eigenvalue weighted by Gasteiger charge is 2.39. The van der Waals surface area contributed by atoms with E-state index in [0.717, 1.165) is 4.90 Å². The van der Waals surface area contributed by atoms with E-state index >= 15 is 0 Å². The van der Waals surface area contributed by atoms with Gasteiger partial charge in [-0.25, -0.2) is 14.9 Å². The van der Waals surface area contributed by atoms with Crippen LogP contribution in [0.3, 0.4) is 0 Å². The Hall–Kier alpha value is -2.57. The van der Waals surface area contributed by atoms with Crippen LogP contribution in [0.4, 0.5) is 5.95 Å². The van der Waals surface area contributed by atoms with Crippen molar-refractivity contribution in [2.45, 2.75) is 33.1 Å². The Balaban J connectivity index is 2.46. The number of nitrogens with zero attached hydrogens (tertiary/aromatic N) is 4. The van der Waals surface area contributed by atoms with E-state index in [9.17, 15) is 9.59 Å². The molecule has 116 valence electrons. The monoisotopic (exact) mass is 301 g/mol. The molecule has 0 bridgehead atoms. The van der Waals surface area contributed by atoms with Crippen LogP contribution in [-0.2, 0) is 15.0 Å². The zero-order chi connectivity index (χ0) is 16.3. The van der Waals surface area contributed by atoms with Crippen LogP contribution in [0.2, 0.25) is 0 Å². The first-order chi connectivity index (χ1) is 10.4. The van der Waals surface area contributed by atoms with E-state index in [1.807, 2.05) is 0 Å². The van der Waals surface area contributed by atoms with Crippen molar-refractivity contribution < 1.29 is 9.59 Å². The van der Waals surface area contributed by atoms with Crippen LogP contribution in [0.5, 0.6) is 0 Å². The lowest BCUT2D eigenvalue weighted by Crippen LogP contribution is -2.49. The fourth-order valence-corrected chi connectivity index (χ4v) is 1.95. The molecule has 0 fully saturated rings. The van der Waals surface area contributed by atoms with Gasteiger partial charge >= 0.3 is 0 Å². The largest absolute Gasteiger partial charge is 0.285 e. The van der Waals surface area contributed by atoms with Crippen molar-refractivity contribution in [3.8, 4) is 0 Å². The molecule has 0 aliphatic heterocycles. The Kier molecular flexibility index (Phi) is 4.35. The first-order valence-corrected chi connectivity index (χ1v) is 7.00. The number of H-pyrrole nitrogens is 1. The minimum absolute atomic E-state index is 0.0859. The lowest BCUT2D eigenvalue weighted by atomic mass is 9.85. The first-order valence-electron chi connectivity index (χ1n) is 7.00. The van der Waals surface area contributed by atoms with Gasteiger partial charge in [-0.1, -0.05) is 13.8 Å². The quantitative estimate of drug-likeness (QED) is 0.927. The standard InChI is InChI=1S/C15H19N5O2/c1-10(2)12(21)20(14-16-6-5-7-17-14)13(22)15(3,4)11-8-18-19-9-11/h5-10H,1-4H3,(H,18,19). The summed E-state index contributed by atoms with van der Waals surface area (Å²) in [5.74, 6) is -0.998. The van der Waals surface area contributed by atoms with Crippen LogP contribution in [0.1, 0.15) is 33.3 Å². The maximum atomic E-state index is 13.0. The normalized spacial score (nSPS) is 11.5. The number of imide groups is 1. The molecule has 0 aliphatic carbocycles. The second-order valence-electron chi connectivity index (χ2n) is 5.79. The molecule has 0 aromatic carbocycles. The SMILES string of the molecule is CC(C)C(=O)N(C(=O)C(C)(C)c1cn[nH]c1)c1ncccn1. The van der Waals surface area contributed by atoms with Crippen LogP contribution in [0.15, 0.2) is 30.9 Å². The van der Waals surface area contributed by atoms with Gasteiger partial charge in [0, 0.05) is 30.1 Å². The number of nitrogens with one attached hydrogen (secondary N) is 1. The average Bonchev–Trinajstić information content (AvgIpc) is 3.03. The summed E-state index contributed by atoms with van der Waals surface area (Å²) < 4.78 is 0. The van der Waals surface area contributed by atoms with Crippen LogP contribution < -0.4 is 4.90 Å². The summed E-state index contributed by atoms with van der Waals surface area (Å²) in [4.78, 5) is 34.6. The maximum absolute atomic E-state index is 13.0. The van der Waals surface area contributed by atoms with Gasteiger partial charge in [0.15, 0.2) is 0 Å². The van der Waals surface area contributed by atoms with Crippen molar-refractivity contribution in [3.63, 3.8) is 0 Å². The van der Waals surface area contributed by atoms with E-state index in [-0.39, 0.29) is 23.7 Å². The third kappa shape index (κ3) is 2.88. The Bertz CT molecular complexity index is 650. The van der Waals surface area contributed by atoms with Gasteiger partial charge in [0.1, 0.15) is 0 Å². The van der Waals surface area contributed by atoms with Gasteiger partial charge in [0.05, 0.1) is 11.6 Å². The molecule has 0 saturated carbocycles. The summed E-state index contributed by atoms with van der Waals surface area (Å²) in [7, 11) is 0. The third-order valence-corrected chi connectivity index (χ3v) is 3.42. The summed E-state index contributed by atoms with van der Waals surface area (Å²) in [5, 5.41) is 6.56. The van der Waals surface area contributed by atoms with Crippen LogP contribution in [-0.4, -0.2) is 32.0 Å². The second kappa shape index (κ2) is 6.05. The van der Waals surface area contributed by atoms with Crippen molar-refractivity contribution in [3.05, 3.63) is 36.4 Å². The van der Waals surface area contributed by atoms with Crippen LogP contribution in [0.25, 0.3) is 0 Å². The van der Waals surface area contributed by atoms with Crippen LogP contribution in [0, 0.1) is 5.92 Å². The van der Waals surface area contributed by atoms with E-state index in [0.29, 0.717) is 5.56 Å². The summed E-state index contributed by atoms with van der Waals surface area (Å²) in [6.45, 7) is 6.94. The Morgan fingerprint density at radius 3 is 2.36 bits per heavy atom. The number of hydrogen-bond acceptors (Lipinski definition) is 5. The summed E-state index contributed by atoms with van der Waals surface area (Å²) in [6, 6.07) is 1.63. The van der Waals surface area contributed by atoms with Gasteiger partial charge in [-0.2, -0.15) is 5.10 Å². The Labute approximate surface area is 128 Å². The molecule has 0 aliphatic rings. The fraction of sp³-hybridized carbons (Fsp3) is 0.400. The number of carbonyl (C=O) groups is 2. The minimum atomic E-state index is -0.934.